The van der Waals surface area contributed by atoms with E-state index in [2.05, 4.69) is 20.9 Å². The number of rotatable bonds is 6. The molecule has 0 saturated heterocycles. The zero-order valence-corrected chi connectivity index (χ0v) is 18.1. The molecule has 7 nitrogen and oxygen atoms in total. The van der Waals surface area contributed by atoms with Gasteiger partial charge in [0.25, 0.3) is 5.91 Å². The highest BCUT2D eigenvalue weighted by Gasteiger charge is 2.14. The van der Waals surface area contributed by atoms with Gasteiger partial charge in [0, 0.05) is 27.7 Å². The molecule has 156 valence electrons. The molecule has 0 fully saturated rings. The van der Waals surface area contributed by atoms with Gasteiger partial charge in [-0.1, -0.05) is 0 Å². The normalized spacial score (nSPS) is 10.6. The summed E-state index contributed by atoms with van der Waals surface area (Å²) in [5, 5.41) is 8.84. The number of nitrogens with one attached hydrogen (secondary N) is 3. The Kier molecular flexibility index (Phi) is 6.68. The van der Waals surface area contributed by atoms with Gasteiger partial charge >= 0.3 is 6.03 Å². The molecule has 0 aliphatic heterocycles. The van der Waals surface area contributed by atoms with Gasteiger partial charge in [-0.3, -0.25) is 10.1 Å². The minimum absolute atomic E-state index is 0.0413. The lowest BCUT2D eigenvalue weighted by Crippen LogP contribution is -2.34. The molecule has 3 amide bonds. The van der Waals surface area contributed by atoms with E-state index in [9.17, 15) is 9.59 Å². The summed E-state index contributed by atoms with van der Waals surface area (Å²) >= 11 is 1.42. The molecular formula is C22H24N4O3S. The number of hydrogen-bond donors (Lipinski definition) is 3. The van der Waals surface area contributed by atoms with Crippen LogP contribution in [0.2, 0.25) is 0 Å². The Balaban J connectivity index is 1.66. The van der Waals surface area contributed by atoms with Crippen molar-refractivity contribution in [3.8, 4) is 17.0 Å². The second kappa shape index (κ2) is 9.41. The molecule has 3 N–H and O–H groups in total. The van der Waals surface area contributed by atoms with E-state index in [1.54, 1.807) is 31.4 Å². The molecule has 3 rings (SSSR count). The SMILES string of the molecule is COc1ccc(-c2nc(NC(=O)c3ccc(NC(=O)NC(C)C)cc3)sc2C)cc1. The van der Waals surface area contributed by atoms with Crippen LogP contribution in [0.1, 0.15) is 29.1 Å². The zero-order valence-electron chi connectivity index (χ0n) is 17.3. The number of thiazole rings is 1. The van der Waals surface area contributed by atoms with Gasteiger partial charge in [-0.2, -0.15) is 0 Å². The van der Waals surface area contributed by atoms with Crippen LogP contribution in [0.15, 0.2) is 48.5 Å². The van der Waals surface area contributed by atoms with Gasteiger partial charge in [0.2, 0.25) is 0 Å². The lowest BCUT2D eigenvalue weighted by molar-refractivity contribution is 0.102. The second-order valence-corrected chi connectivity index (χ2v) is 8.14. The van der Waals surface area contributed by atoms with E-state index in [0.717, 1.165) is 21.9 Å². The van der Waals surface area contributed by atoms with Gasteiger partial charge in [0.1, 0.15) is 5.75 Å². The van der Waals surface area contributed by atoms with Crippen LogP contribution in [-0.4, -0.2) is 30.1 Å². The second-order valence-electron chi connectivity index (χ2n) is 6.94. The number of amides is 3. The maximum Gasteiger partial charge on any atom is 0.319 e. The van der Waals surface area contributed by atoms with E-state index in [1.807, 2.05) is 45.0 Å². The molecule has 1 aromatic heterocycles. The van der Waals surface area contributed by atoms with Crippen LogP contribution in [0.25, 0.3) is 11.3 Å². The van der Waals surface area contributed by atoms with Crippen LogP contribution in [-0.2, 0) is 0 Å². The zero-order chi connectivity index (χ0) is 21.7. The van der Waals surface area contributed by atoms with E-state index < -0.39 is 0 Å². The quantitative estimate of drug-likeness (QED) is 0.524. The molecule has 0 atom stereocenters. The predicted molar refractivity (Wildman–Crippen MR) is 121 cm³/mol. The van der Waals surface area contributed by atoms with Crippen molar-refractivity contribution in [3.05, 3.63) is 59.0 Å². The summed E-state index contributed by atoms with van der Waals surface area (Å²) in [4.78, 5) is 29.9. The standard InChI is InChI=1S/C22H24N4O3S/c1-13(2)23-21(28)24-17-9-5-16(6-10-17)20(27)26-22-25-19(14(3)30-22)15-7-11-18(29-4)12-8-15/h5-13H,1-4H3,(H2,23,24,28)(H,25,26,27). The van der Waals surface area contributed by atoms with Crippen LogP contribution < -0.4 is 20.7 Å². The lowest BCUT2D eigenvalue weighted by Gasteiger charge is -2.10. The van der Waals surface area contributed by atoms with Crippen molar-refractivity contribution in [2.24, 2.45) is 0 Å². The van der Waals surface area contributed by atoms with Crippen molar-refractivity contribution in [2.45, 2.75) is 26.8 Å². The van der Waals surface area contributed by atoms with Gasteiger partial charge in [-0.25, -0.2) is 9.78 Å². The Bertz CT molecular complexity index is 1030. The number of ether oxygens (including phenoxy) is 1. The molecule has 1 heterocycles. The first-order valence-corrected chi connectivity index (χ1v) is 10.3. The number of anilines is 2. The van der Waals surface area contributed by atoms with Crippen molar-refractivity contribution in [2.75, 3.05) is 17.7 Å². The lowest BCUT2D eigenvalue weighted by atomic mass is 10.1. The molecular weight excluding hydrogens is 400 g/mol. The number of aromatic nitrogens is 1. The molecule has 0 aliphatic rings. The minimum Gasteiger partial charge on any atom is -0.497 e. The summed E-state index contributed by atoms with van der Waals surface area (Å²) in [6, 6.07) is 14.1. The average Bonchev–Trinajstić information content (AvgIpc) is 3.07. The van der Waals surface area contributed by atoms with E-state index >= 15 is 0 Å². The molecule has 0 saturated carbocycles. The van der Waals surface area contributed by atoms with E-state index in [0.29, 0.717) is 16.4 Å². The van der Waals surface area contributed by atoms with Crippen molar-refractivity contribution < 1.29 is 14.3 Å². The summed E-state index contributed by atoms with van der Waals surface area (Å²) in [5.74, 6) is 0.517. The van der Waals surface area contributed by atoms with Crippen LogP contribution in [0.4, 0.5) is 15.6 Å². The molecule has 30 heavy (non-hydrogen) atoms. The third kappa shape index (κ3) is 5.36. The van der Waals surface area contributed by atoms with Gasteiger partial charge in [0.05, 0.1) is 12.8 Å². The number of benzene rings is 2. The van der Waals surface area contributed by atoms with Crippen LogP contribution in [0.3, 0.4) is 0 Å². The van der Waals surface area contributed by atoms with E-state index in [4.69, 9.17) is 4.74 Å². The van der Waals surface area contributed by atoms with Crippen LogP contribution >= 0.6 is 11.3 Å². The number of methoxy groups -OCH3 is 1. The highest BCUT2D eigenvalue weighted by Crippen LogP contribution is 2.31. The number of hydrogen-bond acceptors (Lipinski definition) is 5. The molecule has 2 aromatic carbocycles. The van der Waals surface area contributed by atoms with Gasteiger partial charge in [-0.15, -0.1) is 11.3 Å². The molecule has 0 spiro atoms. The van der Waals surface area contributed by atoms with Crippen molar-refractivity contribution >= 4 is 34.1 Å². The Morgan fingerprint density at radius 2 is 1.67 bits per heavy atom. The summed E-state index contributed by atoms with van der Waals surface area (Å²) < 4.78 is 5.19. The number of nitrogens with zero attached hydrogens (tertiary/aromatic N) is 1. The molecule has 0 radical (unpaired) electrons. The van der Waals surface area contributed by atoms with Crippen molar-refractivity contribution in [1.82, 2.24) is 10.3 Å². The fourth-order valence-corrected chi connectivity index (χ4v) is 3.60. The third-order valence-electron chi connectivity index (χ3n) is 4.21. The van der Waals surface area contributed by atoms with Gasteiger partial charge in [-0.05, 0) is 69.3 Å². The largest absolute Gasteiger partial charge is 0.497 e. The van der Waals surface area contributed by atoms with Crippen LogP contribution in [0, 0.1) is 6.92 Å². The highest BCUT2D eigenvalue weighted by atomic mass is 32.1. The topological polar surface area (TPSA) is 92.3 Å². The minimum atomic E-state index is -0.286. The molecule has 8 heteroatoms. The first kappa shape index (κ1) is 21.3. The summed E-state index contributed by atoms with van der Waals surface area (Å²) in [6.07, 6.45) is 0. The predicted octanol–water partition coefficient (Wildman–Crippen LogP) is 4.91. The van der Waals surface area contributed by atoms with Crippen LogP contribution in [0.5, 0.6) is 5.75 Å². The number of urea groups is 1. The van der Waals surface area contributed by atoms with E-state index in [1.165, 1.54) is 11.3 Å². The monoisotopic (exact) mass is 424 g/mol. The number of carbonyl (C=O) groups excluding carboxylic acids is 2. The van der Waals surface area contributed by atoms with Gasteiger partial charge < -0.3 is 15.4 Å². The van der Waals surface area contributed by atoms with Gasteiger partial charge in [0.15, 0.2) is 5.13 Å². The smallest absolute Gasteiger partial charge is 0.319 e. The maximum absolute atomic E-state index is 12.6. The number of carbonyl (C=O) groups is 2. The Hall–Kier alpha value is -3.39. The first-order valence-electron chi connectivity index (χ1n) is 9.46. The Morgan fingerprint density at radius 3 is 2.27 bits per heavy atom. The fraction of sp³-hybridized carbons (Fsp3) is 0.227. The van der Waals surface area contributed by atoms with Crippen molar-refractivity contribution in [1.29, 1.82) is 0 Å². The average molecular weight is 425 g/mol. The molecule has 0 bridgehead atoms. The Labute approximate surface area is 179 Å². The first-order chi connectivity index (χ1) is 14.4. The summed E-state index contributed by atoms with van der Waals surface area (Å²) in [6.45, 7) is 5.73. The third-order valence-corrected chi connectivity index (χ3v) is 5.09. The molecule has 0 aliphatic carbocycles. The Morgan fingerprint density at radius 1 is 1.00 bits per heavy atom. The fourth-order valence-electron chi connectivity index (χ4n) is 2.77. The maximum atomic E-state index is 12.6. The highest BCUT2D eigenvalue weighted by molar-refractivity contribution is 7.16. The summed E-state index contributed by atoms with van der Waals surface area (Å²) in [5.41, 5.74) is 2.87. The molecule has 0 unspecified atom stereocenters. The molecule has 3 aromatic rings. The number of aryl methyl sites for hydroxylation is 1. The van der Waals surface area contributed by atoms with E-state index in [-0.39, 0.29) is 18.0 Å². The van der Waals surface area contributed by atoms with Crippen molar-refractivity contribution in [3.63, 3.8) is 0 Å². The summed E-state index contributed by atoms with van der Waals surface area (Å²) in [7, 11) is 1.62.